The fourth-order valence-electron chi connectivity index (χ4n) is 3.51. The molecule has 0 aliphatic carbocycles. The van der Waals surface area contributed by atoms with Gasteiger partial charge in [-0.3, -0.25) is 4.79 Å². The molecule has 2 aromatic carbocycles. The van der Waals surface area contributed by atoms with E-state index in [0.717, 1.165) is 29.1 Å². The molecule has 2 N–H and O–H groups in total. The van der Waals surface area contributed by atoms with E-state index in [-0.39, 0.29) is 17.2 Å². The number of hydrogen-bond acceptors (Lipinski definition) is 5. The van der Waals surface area contributed by atoms with Crippen molar-refractivity contribution in [3.05, 3.63) is 70.5 Å². The van der Waals surface area contributed by atoms with Crippen molar-refractivity contribution >= 4 is 23.4 Å². The van der Waals surface area contributed by atoms with Crippen molar-refractivity contribution in [2.24, 2.45) is 0 Å². The summed E-state index contributed by atoms with van der Waals surface area (Å²) in [5, 5.41) is 12.0. The van der Waals surface area contributed by atoms with E-state index in [0.29, 0.717) is 5.16 Å². The number of anilines is 1. The van der Waals surface area contributed by atoms with Crippen molar-refractivity contribution in [2.75, 3.05) is 10.7 Å². The van der Waals surface area contributed by atoms with Gasteiger partial charge in [0.25, 0.3) is 0 Å². The average molecular weight is 408 g/mol. The van der Waals surface area contributed by atoms with E-state index in [1.165, 1.54) is 22.9 Å². The van der Waals surface area contributed by atoms with Gasteiger partial charge in [0.15, 0.2) is 5.82 Å². The van der Waals surface area contributed by atoms with Crippen LogP contribution < -0.4 is 10.7 Å². The van der Waals surface area contributed by atoms with Crippen LogP contribution in [0.2, 0.25) is 0 Å². The lowest BCUT2D eigenvalue weighted by atomic mass is 10.0. The van der Waals surface area contributed by atoms with Crippen molar-refractivity contribution < 1.29 is 4.79 Å². The maximum absolute atomic E-state index is 13.3. The normalized spacial score (nSPS) is 18.1. The third-order valence-corrected chi connectivity index (χ3v) is 6.37. The molecule has 150 valence electrons. The summed E-state index contributed by atoms with van der Waals surface area (Å²) in [4.78, 5) is 13.3. The second kappa shape index (κ2) is 7.91. The first-order valence-electron chi connectivity index (χ1n) is 9.78. The van der Waals surface area contributed by atoms with Crippen LogP contribution in [0.3, 0.4) is 0 Å². The molecule has 1 aromatic heterocycles. The molecule has 0 fully saturated rings. The van der Waals surface area contributed by atoms with Crippen molar-refractivity contribution in [1.82, 2.24) is 14.9 Å². The summed E-state index contributed by atoms with van der Waals surface area (Å²) in [6.45, 7) is 8.16. The Morgan fingerprint density at radius 1 is 1.10 bits per heavy atom. The fourth-order valence-corrected chi connectivity index (χ4v) is 4.61. The molecule has 2 atom stereocenters. The topological polar surface area (TPSA) is 71.8 Å². The summed E-state index contributed by atoms with van der Waals surface area (Å²) in [5.41, 5.74) is 8.79. The first-order valence-corrected chi connectivity index (χ1v) is 10.7. The molecule has 1 aliphatic heterocycles. The summed E-state index contributed by atoms with van der Waals surface area (Å²) in [6.07, 6.45) is 0.764. The highest BCUT2D eigenvalue weighted by molar-refractivity contribution is 8.00. The van der Waals surface area contributed by atoms with Crippen LogP contribution in [0.15, 0.2) is 47.6 Å². The number of fused-ring (bicyclic) bond motifs is 1. The quantitative estimate of drug-likeness (QED) is 0.679. The molecule has 2 unspecified atom stereocenters. The van der Waals surface area contributed by atoms with Crippen molar-refractivity contribution in [1.29, 1.82) is 0 Å². The second-order valence-electron chi connectivity index (χ2n) is 7.45. The van der Waals surface area contributed by atoms with Crippen LogP contribution in [-0.4, -0.2) is 26.0 Å². The molecule has 0 saturated carbocycles. The number of carbonyl (C=O) groups excluding carboxylic acids is 1. The number of rotatable bonds is 4. The van der Waals surface area contributed by atoms with Crippen LogP contribution >= 0.6 is 11.8 Å². The van der Waals surface area contributed by atoms with Gasteiger partial charge in [0.05, 0.1) is 6.04 Å². The number of hydrogen-bond donors (Lipinski definition) is 2. The summed E-state index contributed by atoms with van der Waals surface area (Å²) in [7, 11) is 0. The predicted octanol–water partition coefficient (Wildman–Crippen LogP) is 4.16. The van der Waals surface area contributed by atoms with E-state index in [1.807, 2.05) is 37.6 Å². The third kappa shape index (κ3) is 3.87. The molecule has 3 aromatic rings. The molecular weight excluding hydrogens is 382 g/mol. The second-order valence-corrected chi connectivity index (χ2v) is 8.56. The number of aromatic nitrogens is 3. The van der Waals surface area contributed by atoms with E-state index in [4.69, 9.17) is 0 Å². The molecule has 0 radical (unpaired) electrons. The maximum atomic E-state index is 13.3. The number of nitrogens with one attached hydrogen (secondary N) is 2. The SMILES string of the molecule is CCc1nnc2n1NC(c1ccc(C)cc1)C(C(=O)Nc1ccc(C)cc1C)S2. The Morgan fingerprint density at radius 3 is 2.52 bits per heavy atom. The highest BCUT2D eigenvalue weighted by atomic mass is 32.2. The Kier molecular flexibility index (Phi) is 5.32. The molecule has 4 rings (SSSR count). The Bertz CT molecular complexity index is 1040. The Morgan fingerprint density at radius 2 is 1.83 bits per heavy atom. The van der Waals surface area contributed by atoms with Crippen LogP contribution in [-0.2, 0) is 11.2 Å². The lowest BCUT2D eigenvalue weighted by Crippen LogP contribution is -2.41. The standard InChI is InChI=1S/C22H25N5OS/c1-5-18-24-25-22-27(18)26-19(16-9-6-13(2)7-10-16)20(29-22)21(28)23-17-11-8-14(3)12-15(17)4/h6-12,19-20,26H,5H2,1-4H3,(H,23,28). The molecule has 7 heteroatoms. The van der Waals surface area contributed by atoms with E-state index < -0.39 is 0 Å². The molecular formula is C22H25N5OS. The molecule has 2 heterocycles. The molecule has 1 aliphatic rings. The van der Waals surface area contributed by atoms with Crippen molar-refractivity contribution in [3.8, 4) is 0 Å². The lowest BCUT2D eigenvalue weighted by molar-refractivity contribution is -0.116. The van der Waals surface area contributed by atoms with Crippen LogP contribution in [0.25, 0.3) is 0 Å². The monoisotopic (exact) mass is 407 g/mol. The van der Waals surface area contributed by atoms with Gasteiger partial charge in [-0.2, -0.15) is 0 Å². The van der Waals surface area contributed by atoms with Crippen LogP contribution in [0.1, 0.15) is 41.0 Å². The molecule has 0 saturated heterocycles. The summed E-state index contributed by atoms with van der Waals surface area (Å²) in [6, 6.07) is 14.1. The van der Waals surface area contributed by atoms with Crippen LogP contribution in [0, 0.1) is 20.8 Å². The van der Waals surface area contributed by atoms with Crippen molar-refractivity contribution in [3.63, 3.8) is 0 Å². The zero-order valence-electron chi connectivity index (χ0n) is 17.1. The molecule has 1 amide bonds. The van der Waals surface area contributed by atoms with Gasteiger partial charge in [0.1, 0.15) is 5.25 Å². The Hall–Kier alpha value is -2.80. The van der Waals surface area contributed by atoms with Gasteiger partial charge >= 0.3 is 0 Å². The largest absolute Gasteiger partial charge is 0.325 e. The number of benzene rings is 2. The van der Waals surface area contributed by atoms with Crippen LogP contribution in [0.4, 0.5) is 5.69 Å². The minimum Gasteiger partial charge on any atom is -0.325 e. The first-order chi connectivity index (χ1) is 14.0. The molecule has 6 nitrogen and oxygen atoms in total. The van der Waals surface area contributed by atoms with E-state index in [9.17, 15) is 4.79 Å². The van der Waals surface area contributed by atoms with Gasteiger partial charge in [0.2, 0.25) is 11.1 Å². The predicted molar refractivity (Wildman–Crippen MR) is 117 cm³/mol. The first kappa shape index (κ1) is 19.5. The molecule has 0 bridgehead atoms. The van der Waals surface area contributed by atoms with Gasteiger partial charge < -0.3 is 10.7 Å². The summed E-state index contributed by atoms with van der Waals surface area (Å²) in [5.74, 6) is 0.810. The zero-order chi connectivity index (χ0) is 20.5. The Labute approximate surface area is 175 Å². The minimum atomic E-state index is -0.375. The van der Waals surface area contributed by atoms with Gasteiger partial charge in [-0.25, -0.2) is 4.68 Å². The van der Waals surface area contributed by atoms with E-state index >= 15 is 0 Å². The minimum absolute atomic E-state index is 0.0488. The lowest BCUT2D eigenvalue weighted by Gasteiger charge is -2.33. The summed E-state index contributed by atoms with van der Waals surface area (Å²) < 4.78 is 1.91. The average Bonchev–Trinajstić information content (AvgIpc) is 3.12. The number of aryl methyl sites for hydroxylation is 4. The van der Waals surface area contributed by atoms with Gasteiger partial charge in [0, 0.05) is 12.1 Å². The van der Waals surface area contributed by atoms with Crippen LogP contribution in [0.5, 0.6) is 0 Å². The number of thioether (sulfide) groups is 1. The fraction of sp³-hybridized carbons (Fsp3) is 0.318. The summed E-state index contributed by atoms with van der Waals surface area (Å²) >= 11 is 1.45. The zero-order valence-corrected chi connectivity index (χ0v) is 17.9. The highest BCUT2D eigenvalue weighted by Crippen LogP contribution is 2.37. The Balaban J connectivity index is 1.67. The number of carbonyl (C=O) groups is 1. The van der Waals surface area contributed by atoms with Gasteiger partial charge in [-0.1, -0.05) is 66.2 Å². The van der Waals surface area contributed by atoms with Crippen molar-refractivity contribution in [2.45, 2.75) is 50.6 Å². The number of nitrogens with zero attached hydrogens (tertiary/aromatic N) is 3. The smallest absolute Gasteiger partial charge is 0.240 e. The molecule has 0 spiro atoms. The highest BCUT2D eigenvalue weighted by Gasteiger charge is 2.37. The van der Waals surface area contributed by atoms with Gasteiger partial charge in [-0.15, -0.1) is 10.2 Å². The number of amides is 1. The van der Waals surface area contributed by atoms with E-state index in [1.54, 1.807) is 0 Å². The maximum Gasteiger partial charge on any atom is 0.240 e. The molecule has 29 heavy (non-hydrogen) atoms. The van der Waals surface area contributed by atoms with Gasteiger partial charge in [-0.05, 0) is 38.0 Å². The van der Waals surface area contributed by atoms with E-state index in [2.05, 4.69) is 58.2 Å². The third-order valence-electron chi connectivity index (χ3n) is 5.15.